The number of hydrogen-bond acceptors (Lipinski definition) is 6. The normalized spacial score (nSPS) is 10.1. The Morgan fingerprint density at radius 1 is 1.56 bits per heavy atom. The average molecular weight is 264 g/mol. The van der Waals surface area contributed by atoms with E-state index in [9.17, 15) is 4.79 Å². The minimum absolute atomic E-state index is 0.270. The van der Waals surface area contributed by atoms with E-state index >= 15 is 0 Å². The second kappa shape index (κ2) is 5.46. The third-order valence-corrected chi connectivity index (χ3v) is 2.84. The van der Waals surface area contributed by atoms with E-state index in [1.807, 2.05) is 0 Å². The van der Waals surface area contributed by atoms with Crippen LogP contribution >= 0.6 is 11.5 Å². The van der Waals surface area contributed by atoms with Gasteiger partial charge in [-0.2, -0.15) is 0 Å². The van der Waals surface area contributed by atoms with Gasteiger partial charge < -0.3 is 15.8 Å². The van der Waals surface area contributed by atoms with Crippen LogP contribution < -0.4 is 15.8 Å². The molecule has 0 spiro atoms. The lowest BCUT2D eigenvalue weighted by atomic mass is 10.1. The minimum atomic E-state index is -0.270. The molecule has 0 atom stereocenters. The number of benzene rings is 1. The fourth-order valence-electron chi connectivity index (χ4n) is 1.47. The van der Waals surface area contributed by atoms with Crippen molar-refractivity contribution < 1.29 is 9.53 Å². The topological polar surface area (TPSA) is 90.1 Å². The molecule has 3 N–H and O–H groups in total. The van der Waals surface area contributed by atoms with E-state index in [-0.39, 0.29) is 5.91 Å². The predicted octanol–water partition coefficient (Wildman–Crippen LogP) is 1.06. The highest BCUT2D eigenvalue weighted by Gasteiger charge is 2.10. The molecular weight excluding hydrogens is 252 g/mol. The highest BCUT2D eigenvalue weighted by atomic mass is 32.1. The molecule has 1 aromatic carbocycles. The molecule has 0 bridgehead atoms. The van der Waals surface area contributed by atoms with E-state index in [1.165, 1.54) is 0 Å². The molecule has 0 aliphatic carbocycles. The highest BCUT2D eigenvalue weighted by Crippen LogP contribution is 2.20. The monoisotopic (exact) mass is 264 g/mol. The summed E-state index contributed by atoms with van der Waals surface area (Å²) in [4.78, 5) is 11.7. The molecule has 1 aromatic heterocycles. The van der Waals surface area contributed by atoms with Crippen LogP contribution in [0.15, 0.2) is 23.6 Å². The molecule has 94 valence electrons. The molecule has 18 heavy (non-hydrogen) atoms. The highest BCUT2D eigenvalue weighted by molar-refractivity contribution is 7.03. The lowest BCUT2D eigenvalue weighted by molar-refractivity contribution is 0.0945. The van der Waals surface area contributed by atoms with Gasteiger partial charge >= 0.3 is 0 Å². The molecule has 2 aromatic rings. The number of ether oxygens (including phenoxy) is 1. The number of hydrogen-bond donors (Lipinski definition) is 2. The molecule has 0 aliphatic heterocycles. The van der Waals surface area contributed by atoms with E-state index in [2.05, 4.69) is 14.9 Å². The van der Waals surface area contributed by atoms with Crippen molar-refractivity contribution in [3.05, 3.63) is 34.8 Å². The van der Waals surface area contributed by atoms with Crippen molar-refractivity contribution in [3.63, 3.8) is 0 Å². The molecule has 0 aliphatic rings. The number of anilines is 1. The van der Waals surface area contributed by atoms with Gasteiger partial charge in [-0.1, -0.05) is 4.49 Å². The predicted molar refractivity (Wildman–Crippen MR) is 68.5 cm³/mol. The largest absolute Gasteiger partial charge is 0.496 e. The maximum absolute atomic E-state index is 11.7. The smallest absolute Gasteiger partial charge is 0.273 e. The number of carbonyl (C=O) groups is 1. The van der Waals surface area contributed by atoms with Gasteiger partial charge in [-0.05, 0) is 29.7 Å². The molecule has 0 fully saturated rings. The van der Waals surface area contributed by atoms with Crippen molar-refractivity contribution >= 4 is 23.1 Å². The summed E-state index contributed by atoms with van der Waals surface area (Å²) in [5, 5.41) is 8.01. The first-order valence-electron chi connectivity index (χ1n) is 5.18. The molecule has 0 saturated carbocycles. The fourth-order valence-corrected chi connectivity index (χ4v) is 1.90. The molecule has 1 heterocycles. The van der Waals surface area contributed by atoms with Crippen molar-refractivity contribution in [2.24, 2.45) is 0 Å². The summed E-state index contributed by atoms with van der Waals surface area (Å²) in [6.07, 6.45) is 0. The summed E-state index contributed by atoms with van der Waals surface area (Å²) in [6.45, 7) is 0.324. The Bertz CT molecular complexity index is 542. The number of rotatable bonds is 4. The third-order valence-electron chi connectivity index (χ3n) is 2.34. The van der Waals surface area contributed by atoms with Crippen LogP contribution in [-0.4, -0.2) is 22.6 Å². The molecule has 2 rings (SSSR count). The van der Waals surface area contributed by atoms with Gasteiger partial charge in [-0.25, -0.2) is 0 Å². The summed E-state index contributed by atoms with van der Waals surface area (Å²) in [7, 11) is 1.57. The van der Waals surface area contributed by atoms with E-state index in [1.54, 1.807) is 30.7 Å². The summed E-state index contributed by atoms with van der Waals surface area (Å²) >= 11 is 1.13. The lowest BCUT2D eigenvalue weighted by Crippen LogP contribution is -2.23. The second-order valence-electron chi connectivity index (χ2n) is 3.54. The SMILES string of the molecule is COc1ccc(N)cc1CNC(=O)c1csnn1. The summed E-state index contributed by atoms with van der Waals surface area (Å²) in [5.41, 5.74) is 7.44. The molecule has 0 unspecified atom stereocenters. The van der Waals surface area contributed by atoms with Gasteiger partial charge in [0.05, 0.1) is 7.11 Å². The number of nitrogens with two attached hydrogens (primary N) is 1. The fraction of sp³-hybridized carbons (Fsp3) is 0.182. The van der Waals surface area contributed by atoms with Crippen molar-refractivity contribution in [1.29, 1.82) is 0 Å². The van der Waals surface area contributed by atoms with Gasteiger partial charge in [0.2, 0.25) is 0 Å². The van der Waals surface area contributed by atoms with Gasteiger partial charge in [-0.3, -0.25) is 4.79 Å². The van der Waals surface area contributed by atoms with Crippen molar-refractivity contribution in [2.75, 3.05) is 12.8 Å². The van der Waals surface area contributed by atoms with E-state index in [4.69, 9.17) is 10.5 Å². The van der Waals surface area contributed by atoms with Crippen LogP contribution in [0, 0.1) is 0 Å². The number of nitrogens with one attached hydrogen (secondary N) is 1. The van der Waals surface area contributed by atoms with Crippen molar-refractivity contribution in [3.8, 4) is 5.75 Å². The molecule has 1 amide bonds. The molecule has 0 saturated heterocycles. The Hall–Kier alpha value is -2.15. The van der Waals surface area contributed by atoms with E-state index in [0.717, 1.165) is 17.1 Å². The summed E-state index contributed by atoms with van der Waals surface area (Å²) < 4.78 is 8.82. The Labute approximate surface area is 108 Å². The van der Waals surface area contributed by atoms with Crippen LogP contribution in [0.5, 0.6) is 5.75 Å². The number of methoxy groups -OCH3 is 1. The Morgan fingerprint density at radius 2 is 2.39 bits per heavy atom. The lowest BCUT2D eigenvalue weighted by Gasteiger charge is -2.09. The zero-order valence-corrected chi connectivity index (χ0v) is 10.5. The number of carbonyl (C=O) groups excluding carboxylic acids is 1. The zero-order valence-electron chi connectivity index (χ0n) is 9.71. The van der Waals surface area contributed by atoms with Crippen LogP contribution in [0.4, 0.5) is 5.69 Å². The summed E-state index contributed by atoms with van der Waals surface area (Å²) in [6, 6.07) is 5.27. The number of nitrogens with zero attached hydrogens (tertiary/aromatic N) is 2. The number of aromatic nitrogens is 2. The molecule has 7 heteroatoms. The minimum Gasteiger partial charge on any atom is -0.496 e. The van der Waals surface area contributed by atoms with Gasteiger partial charge in [0.25, 0.3) is 5.91 Å². The van der Waals surface area contributed by atoms with E-state index < -0.39 is 0 Å². The van der Waals surface area contributed by atoms with Crippen molar-refractivity contribution in [1.82, 2.24) is 14.9 Å². The summed E-state index contributed by atoms with van der Waals surface area (Å²) in [5.74, 6) is 0.411. The second-order valence-corrected chi connectivity index (χ2v) is 4.15. The Morgan fingerprint density at radius 3 is 3.06 bits per heavy atom. The van der Waals surface area contributed by atoms with Crippen LogP contribution in [0.25, 0.3) is 0 Å². The molecule has 6 nitrogen and oxygen atoms in total. The number of nitrogen functional groups attached to an aromatic ring is 1. The van der Waals surface area contributed by atoms with Crippen LogP contribution in [0.1, 0.15) is 16.1 Å². The maximum Gasteiger partial charge on any atom is 0.273 e. The first-order chi connectivity index (χ1) is 8.70. The van der Waals surface area contributed by atoms with Gasteiger partial charge in [0.1, 0.15) is 5.75 Å². The third kappa shape index (κ3) is 2.75. The standard InChI is InChI=1S/C11H12N4O2S/c1-17-10-3-2-8(12)4-7(10)5-13-11(16)9-6-18-15-14-9/h2-4,6H,5,12H2,1H3,(H,13,16). The zero-order chi connectivity index (χ0) is 13.0. The maximum atomic E-state index is 11.7. The average Bonchev–Trinajstić information content (AvgIpc) is 2.90. The Balaban J connectivity index is 2.06. The van der Waals surface area contributed by atoms with Crippen molar-refractivity contribution in [2.45, 2.75) is 6.54 Å². The van der Waals surface area contributed by atoms with Crippen LogP contribution in [0.2, 0.25) is 0 Å². The first-order valence-corrected chi connectivity index (χ1v) is 6.02. The first kappa shape index (κ1) is 12.3. The van der Waals surface area contributed by atoms with Gasteiger partial charge in [0, 0.05) is 23.2 Å². The van der Waals surface area contributed by atoms with Crippen LogP contribution in [0.3, 0.4) is 0 Å². The molecule has 0 radical (unpaired) electrons. The Kier molecular flexibility index (Phi) is 3.73. The van der Waals surface area contributed by atoms with Gasteiger partial charge in [-0.15, -0.1) is 5.10 Å². The quantitative estimate of drug-likeness (QED) is 0.806. The van der Waals surface area contributed by atoms with Crippen LogP contribution in [-0.2, 0) is 6.54 Å². The molecular formula is C11H12N4O2S. The van der Waals surface area contributed by atoms with E-state index in [0.29, 0.717) is 23.7 Å². The number of amides is 1. The van der Waals surface area contributed by atoms with Gasteiger partial charge in [0.15, 0.2) is 5.69 Å².